The maximum atomic E-state index is 13.0. The van der Waals surface area contributed by atoms with Gasteiger partial charge in [-0.3, -0.25) is 14.9 Å². The number of nitrogens with one attached hydrogen (secondary N) is 1. The van der Waals surface area contributed by atoms with Crippen LogP contribution in [0.15, 0.2) is 45.8 Å². The summed E-state index contributed by atoms with van der Waals surface area (Å²) in [5, 5.41) is 11.1. The average molecular weight is 471 g/mol. The third-order valence-corrected chi connectivity index (χ3v) is 6.34. The van der Waals surface area contributed by atoms with E-state index in [0.717, 1.165) is 6.07 Å². The minimum absolute atomic E-state index is 0.205. The van der Waals surface area contributed by atoms with Gasteiger partial charge in [0.05, 0.1) is 29.4 Å². The number of non-ortho nitro benzene ring substituents is 1. The summed E-state index contributed by atoms with van der Waals surface area (Å²) in [6.07, 6.45) is -0.237. The first-order valence-corrected chi connectivity index (χ1v) is 10.4. The van der Waals surface area contributed by atoms with Gasteiger partial charge in [-0.15, -0.1) is 0 Å². The molecule has 28 heavy (non-hydrogen) atoms. The second-order valence-corrected chi connectivity index (χ2v) is 8.75. The summed E-state index contributed by atoms with van der Waals surface area (Å²) in [4.78, 5) is 22.1. The van der Waals surface area contributed by atoms with Crippen molar-refractivity contribution in [3.05, 3.63) is 67.7 Å². The van der Waals surface area contributed by atoms with Crippen LogP contribution < -0.4 is 4.72 Å². The van der Waals surface area contributed by atoms with Gasteiger partial charge in [-0.05, 0) is 42.7 Å². The highest BCUT2D eigenvalue weighted by atomic mass is 79.9. The van der Waals surface area contributed by atoms with Crippen molar-refractivity contribution >= 4 is 37.6 Å². The first-order valence-electron chi connectivity index (χ1n) is 8.15. The Balaban J connectivity index is 2.51. The quantitative estimate of drug-likeness (QED) is 0.375. The first-order chi connectivity index (χ1) is 13.0. The maximum Gasteiger partial charge on any atom is 0.307 e. The highest BCUT2D eigenvalue weighted by Crippen LogP contribution is 2.28. The fourth-order valence-corrected chi connectivity index (χ4v) is 4.62. The lowest BCUT2D eigenvalue weighted by Crippen LogP contribution is -2.31. The molecule has 0 saturated carbocycles. The number of halogens is 1. The van der Waals surface area contributed by atoms with E-state index >= 15 is 0 Å². The SMILES string of the molecule is COC(=O)C[C@H](NS(=O)(=O)c1cc([N+](=O)[O-])cc(C)c1C)c1cccc(Br)c1. The molecule has 0 aliphatic heterocycles. The minimum atomic E-state index is -4.16. The highest BCUT2D eigenvalue weighted by Gasteiger charge is 2.27. The van der Waals surface area contributed by atoms with Crippen LogP contribution in [-0.2, 0) is 19.6 Å². The average Bonchev–Trinajstić information content (AvgIpc) is 2.62. The van der Waals surface area contributed by atoms with Crippen LogP contribution in [0, 0.1) is 24.0 Å². The standard InChI is InChI=1S/C18H19BrN2O6S/c1-11-7-15(21(23)24)9-17(12(11)2)28(25,26)20-16(10-18(22)27-3)13-5-4-6-14(19)8-13/h4-9,16,20H,10H2,1-3H3/t16-/m0/s1. The number of carbonyl (C=O) groups excluding carboxylic acids is 1. The van der Waals surface area contributed by atoms with Crippen LogP contribution in [0.2, 0.25) is 0 Å². The molecule has 150 valence electrons. The van der Waals surface area contributed by atoms with Crippen molar-refractivity contribution in [1.82, 2.24) is 4.72 Å². The second kappa shape index (κ2) is 8.80. The number of carbonyl (C=O) groups is 1. The lowest BCUT2D eigenvalue weighted by Gasteiger charge is -2.20. The molecule has 0 amide bonds. The molecular formula is C18H19BrN2O6S. The molecule has 0 aliphatic rings. The van der Waals surface area contributed by atoms with Gasteiger partial charge < -0.3 is 4.74 Å². The van der Waals surface area contributed by atoms with Crippen LogP contribution >= 0.6 is 15.9 Å². The highest BCUT2D eigenvalue weighted by molar-refractivity contribution is 9.10. The molecule has 0 heterocycles. The van der Waals surface area contributed by atoms with Crippen LogP contribution in [0.4, 0.5) is 5.69 Å². The molecule has 0 fully saturated rings. The Morgan fingerprint density at radius 1 is 1.29 bits per heavy atom. The summed E-state index contributed by atoms with van der Waals surface area (Å²) in [6, 6.07) is 8.25. The molecule has 2 rings (SSSR count). The fourth-order valence-electron chi connectivity index (χ4n) is 2.64. The Hall–Kier alpha value is -2.30. The van der Waals surface area contributed by atoms with Crippen LogP contribution in [-0.4, -0.2) is 26.4 Å². The molecule has 1 N–H and O–H groups in total. The Labute approximate surface area is 171 Å². The van der Waals surface area contributed by atoms with Crippen molar-refractivity contribution in [3.8, 4) is 0 Å². The van der Waals surface area contributed by atoms with Crippen LogP contribution in [0.25, 0.3) is 0 Å². The van der Waals surface area contributed by atoms with Gasteiger partial charge in [0.2, 0.25) is 10.0 Å². The van der Waals surface area contributed by atoms with E-state index in [1.165, 1.54) is 13.2 Å². The number of nitro groups is 1. The lowest BCUT2D eigenvalue weighted by atomic mass is 10.1. The number of sulfonamides is 1. The Bertz CT molecular complexity index is 1020. The summed E-state index contributed by atoms with van der Waals surface area (Å²) in [5.74, 6) is -0.598. The third kappa shape index (κ3) is 5.15. The molecule has 1 atom stereocenters. The van der Waals surface area contributed by atoms with Crippen molar-refractivity contribution in [2.45, 2.75) is 31.2 Å². The van der Waals surface area contributed by atoms with Gasteiger partial charge in [0, 0.05) is 16.6 Å². The van der Waals surface area contributed by atoms with E-state index < -0.39 is 27.0 Å². The van der Waals surface area contributed by atoms with Gasteiger partial charge in [-0.25, -0.2) is 13.1 Å². The molecule has 0 spiro atoms. The topological polar surface area (TPSA) is 116 Å². The first kappa shape index (κ1) is 22.0. The van der Waals surface area contributed by atoms with E-state index in [2.05, 4.69) is 25.4 Å². The van der Waals surface area contributed by atoms with E-state index in [4.69, 9.17) is 0 Å². The van der Waals surface area contributed by atoms with E-state index in [1.54, 1.807) is 38.1 Å². The predicted octanol–water partition coefficient (Wildman–Crippen LogP) is 3.56. The Kier molecular flexibility index (Phi) is 6.91. The van der Waals surface area contributed by atoms with Crippen molar-refractivity contribution in [1.29, 1.82) is 0 Å². The Morgan fingerprint density at radius 3 is 2.54 bits per heavy atom. The second-order valence-electron chi connectivity index (χ2n) is 6.15. The summed E-state index contributed by atoms with van der Waals surface area (Å²) in [5.41, 5.74) is 1.09. The van der Waals surface area contributed by atoms with Gasteiger partial charge in [0.1, 0.15) is 0 Å². The lowest BCUT2D eigenvalue weighted by molar-refractivity contribution is -0.385. The summed E-state index contributed by atoms with van der Waals surface area (Å²) >= 11 is 3.32. The van der Waals surface area contributed by atoms with Crippen LogP contribution in [0.1, 0.15) is 29.2 Å². The zero-order chi connectivity index (χ0) is 21.1. The number of benzene rings is 2. The summed E-state index contributed by atoms with van der Waals surface area (Å²) in [6.45, 7) is 3.17. The van der Waals surface area contributed by atoms with Crippen LogP contribution in [0.5, 0.6) is 0 Å². The molecule has 0 radical (unpaired) electrons. The molecule has 8 nitrogen and oxygen atoms in total. The normalized spacial score (nSPS) is 12.4. The summed E-state index contributed by atoms with van der Waals surface area (Å²) in [7, 11) is -2.95. The number of rotatable bonds is 7. The van der Waals surface area contributed by atoms with Crippen molar-refractivity contribution in [2.75, 3.05) is 7.11 Å². The molecule has 10 heteroatoms. The van der Waals surface area contributed by atoms with E-state index in [1.807, 2.05) is 0 Å². The number of aryl methyl sites for hydroxylation is 1. The number of hydrogen-bond acceptors (Lipinski definition) is 6. The van der Waals surface area contributed by atoms with Crippen molar-refractivity contribution in [2.24, 2.45) is 0 Å². The van der Waals surface area contributed by atoms with Crippen molar-refractivity contribution < 1.29 is 22.9 Å². The minimum Gasteiger partial charge on any atom is -0.469 e. The van der Waals surface area contributed by atoms with E-state index in [9.17, 15) is 23.3 Å². The molecule has 0 unspecified atom stereocenters. The molecular weight excluding hydrogens is 452 g/mol. The van der Waals surface area contributed by atoms with Gasteiger partial charge in [0.15, 0.2) is 0 Å². The summed E-state index contributed by atoms with van der Waals surface area (Å²) < 4.78 is 33.9. The number of ether oxygens (including phenoxy) is 1. The number of nitrogens with zero attached hydrogens (tertiary/aromatic N) is 1. The van der Waals surface area contributed by atoms with E-state index in [-0.39, 0.29) is 17.0 Å². The largest absolute Gasteiger partial charge is 0.469 e. The zero-order valence-corrected chi connectivity index (χ0v) is 17.8. The van der Waals surface area contributed by atoms with E-state index in [0.29, 0.717) is 21.2 Å². The molecule has 0 aliphatic carbocycles. The van der Waals surface area contributed by atoms with Gasteiger partial charge in [-0.2, -0.15) is 0 Å². The monoisotopic (exact) mass is 470 g/mol. The molecule has 2 aromatic rings. The van der Waals surface area contributed by atoms with Gasteiger partial charge in [-0.1, -0.05) is 28.1 Å². The molecule has 0 aromatic heterocycles. The number of esters is 1. The Morgan fingerprint density at radius 2 is 1.96 bits per heavy atom. The van der Waals surface area contributed by atoms with Gasteiger partial charge in [0.25, 0.3) is 5.69 Å². The van der Waals surface area contributed by atoms with Gasteiger partial charge >= 0.3 is 5.97 Å². The number of methoxy groups -OCH3 is 1. The number of hydrogen-bond donors (Lipinski definition) is 1. The molecule has 0 bridgehead atoms. The zero-order valence-electron chi connectivity index (χ0n) is 15.4. The maximum absolute atomic E-state index is 13.0. The smallest absolute Gasteiger partial charge is 0.307 e. The number of nitro benzene ring substituents is 1. The molecule has 0 saturated heterocycles. The fraction of sp³-hybridized carbons (Fsp3) is 0.278. The third-order valence-electron chi connectivity index (χ3n) is 4.25. The predicted molar refractivity (Wildman–Crippen MR) is 106 cm³/mol. The van der Waals surface area contributed by atoms with Crippen LogP contribution in [0.3, 0.4) is 0 Å². The van der Waals surface area contributed by atoms with Crippen molar-refractivity contribution in [3.63, 3.8) is 0 Å². The molecule has 2 aromatic carbocycles.